The molecule has 0 saturated heterocycles. The van der Waals surface area contributed by atoms with E-state index in [4.69, 9.17) is 0 Å². The summed E-state index contributed by atoms with van der Waals surface area (Å²) in [6.45, 7) is 4.30. The number of hydrogen-bond acceptors (Lipinski definition) is 6. The summed E-state index contributed by atoms with van der Waals surface area (Å²) in [6, 6.07) is 0. The van der Waals surface area contributed by atoms with Crippen LogP contribution in [0.15, 0.2) is 0 Å². The first kappa shape index (κ1) is 21.1. The second-order valence-corrected chi connectivity index (χ2v) is 3.52. The summed E-state index contributed by atoms with van der Waals surface area (Å²) in [4.78, 5) is 19.1. The molecule has 0 radical (unpaired) electrons. The Morgan fingerprint density at radius 1 is 0.933 bits per heavy atom. The Labute approximate surface area is 107 Å². The maximum atomic E-state index is 9.57. The fraction of sp³-hybridized carbons (Fsp3) is 1.00. The summed E-state index contributed by atoms with van der Waals surface area (Å²) in [5.41, 5.74) is 0. The second-order valence-electron chi connectivity index (χ2n) is 2.11. The molecule has 0 aromatic rings. The van der Waals surface area contributed by atoms with Gasteiger partial charge in [-0.2, -0.15) is 0 Å². The van der Waals surface area contributed by atoms with Crippen LogP contribution in [0, 0.1) is 0 Å². The van der Waals surface area contributed by atoms with Gasteiger partial charge in [0.2, 0.25) is 0 Å². The van der Waals surface area contributed by atoms with E-state index in [2.05, 4.69) is 9.05 Å². The molecule has 0 amide bonds. The molecule has 6 nitrogen and oxygen atoms in total. The van der Waals surface area contributed by atoms with E-state index in [0.29, 0.717) is 13.2 Å². The quantitative estimate of drug-likeness (QED) is 0.513. The molecule has 0 N–H and O–H groups in total. The van der Waals surface area contributed by atoms with Gasteiger partial charge in [-0.25, -0.2) is 0 Å². The fourth-order valence-electron chi connectivity index (χ4n) is 0.332. The smallest absolute Gasteiger partial charge is 0.566 e. The van der Waals surface area contributed by atoms with Gasteiger partial charge in [-0.05, 0) is 22.0 Å². The Balaban J connectivity index is -0.000000180. The predicted octanol–water partition coefficient (Wildman–Crippen LogP) is 0.481. The van der Waals surface area contributed by atoms with Gasteiger partial charge in [0.05, 0.1) is 0 Å². The van der Waals surface area contributed by atoms with Crippen molar-refractivity contribution in [2.75, 3.05) is 13.2 Å². The molecule has 2 unspecified atom stereocenters. The molecule has 2 atom stereocenters. The van der Waals surface area contributed by atoms with E-state index in [1.165, 1.54) is 0 Å². The average molecular weight is 268 g/mol. The first-order chi connectivity index (χ1) is 6.54. The first-order valence-corrected chi connectivity index (χ1v) is 6.28. The topological polar surface area (TPSA) is 98.7 Å². The van der Waals surface area contributed by atoms with Gasteiger partial charge in [-0.3, -0.25) is 0 Å². The maximum absolute atomic E-state index is 9.57. The first-order valence-electron chi connectivity index (χ1n) is 4.09. The van der Waals surface area contributed by atoms with Crippen LogP contribution in [0.5, 0.6) is 0 Å². The monoisotopic (exact) mass is 268 g/mol. The van der Waals surface area contributed by atoms with Crippen LogP contribution >= 0.6 is 16.5 Å². The molecular formula is C6H14MgO6P2+2. The second kappa shape index (κ2) is 17.2. The Hall–Kier alpha value is 0.806. The van der Waals surface area contributed by atoms with Crippen molar-refractivity contribution in [1.29, 1.82) is 0 Å². The van der Waals surface area contributed by atoms with Crippen molar-refractivity contribution in [2.45, 2.75) is 26.7 Å². The van der Waals surface area contributed by atoms with Crippen LogP contribution in [0.3, 0.4) is 0 Å². The van der Waals surface area contributed by atoms with Crippen molar-refractivity contribution < 1.29 is 28.0 Å². The number of rotatable bonds is 6. The van der Waals surface area contributed by atoms with Crippen LogP contribution < -0.4 is 9.79 Å². The molecule has 84 valence electrons. The van der Waals surface area contributed by atoms with Crippen molar-refractivity contribution in [3.8, 4) is 0 Å². The van der Waals surface area contributed by atoms with Crippen molar-refractivity contribution in [3.05, 3.63) is 0 Å². The Morgan fingerprint density at radius 2 is 1.20 bits per heavy atom. The van der Waals surface area contributed by atoms with Crippen LogP contribution in [0.4, 0.5) is 0 Å². The van der Waals surface area contributed by atoms with Crippen LogP contribution in [-0.2, 0) is 18.2 Å². The molecule has 0 saturated carbocycles. The molecule has 0 aliphatic carbocycles. The summed E-state index contributed by atoms with van der Waals surface area (Å²) >= 11 is 0. The Bertz CT molecular complexity index is 150. The molecular weight excluding hydrogens is 254 g/mol. The van der Waals surface area contributed by atoms with Crippen molar-refractivity contribution in [3.63, 3.8) is 0 Å². The van der Waals surface area contributed by atoms with Gasteiger partial charge >= 0.3 is 39.6 Å². The molecule has 0 bridgehead atoms. The zero-order valence-corrected chi connectivity index (χ0v) is 12.1. The van der Waals surface area contributed by atoms with Crippen LogP contribution in [-0.4, -0.2) is 36.3 Å². The Morgan fingerprint density at radius 3 is 1.27 bits per heavy atom. The normalized spacial score (nSPS) is 10.7. The summed E-state index contributed by atoms with van der Waals surface area (Å²) in [5.74, 6) is 0. The minimum absolute atomic E-state index is 0. The van der Waals surface area contributed by atoms with E-state index in [9.17, 15) is 18.9 Å². The van der Waals surface area contributed by atoms with E-state index in [0.717, 1.165) is 12.8 Å². The predicted molar refractivity (Wildman–Crippen MR) is 53.5 cm³/mol. The van der Waals surface area contributed by atoms with E-state index in [-0.39, 0.29) is 23.1 Å². The zero-order valence-electron chi connectivity index (χ0n) is 8.88. The summed E-state index contributed by atoms with van der Waals surface area (Å²) in [6.07, 6.45) is 1.48. The summed E-state index contributed by atoms with van der Waals surface area (Å²) in [5, 5.41) is 0. The van der Waals surface area contributed by atoms with Gasteiger partial charge in [0.15, 0.2) is 0 Å². The van der Waals surface area contributed by atoms with Gasteiger partial charge < -0.3 is 9.79 Å². The van der Waals surface area contributed by atoms with Crippen LogP contribution in [0.25, 0.3) is 0 Å². The van der Waals surface area contributed by atoms with Gasteiger partial charge in [0.1, 0.15) is 13.2 Å². The molecule has 0 aromatic heterocycles. The van der Waals surface area contributed by atoms with Crippen molar-refractivity contribution in [1.82, 2.24) is 0 Å². The molecule has 0 heterocycles. The van der Waals surface area contributed by atoms with E-state index in [1.807, 2.05) is 13.8 Å². The minimum atomic E-state index is -2.61. The SMILES string of the molecule is CCCO[P+](=O)[O-].CCCO[P+](=O)[O-].[Mg+2]. The molecule has 0 aliphatic rings. The third-order valence-corrected chi connectivity index (χ3v) is 1.59. The molecule has 0 fully saturated rings. The molecule has 0 rings (SSSR count). The fourth-order valence-corrected chi connectivity index (χ4v) is 0.995. The molecule has 0 aromatic carbocycles. The molecule has 15 heavy (non-hydrogen) atoms. The third-order valence-electron chi connectivity index (χ3n) is 0.802. The van der Waals surface area contributed by atoms with Gasteiger partial charge in [0.25, 0.3) is 0 Å². The van der Waals surface area contributed by atoms with Crippen LogP contribution in [0.2, 0.25) is 0 Å². The van der Waals surface area contributed by atoms with Crippen molar-refractivity contribution >= 4 is 39.6 Å². The standard InChI is InChI=1S/2C3H7O3P.Mg/c2*1-2-3-6-7(4)5;/h2*2-3H2,1H3;/q;;+2. The van der Waals surface area contributed by atoms with Gasteiger partial charge in [-0.1, -0.05) is 13.8 Å². The van der Waals surface area contributed by atoms with E-state index < -0.39 is 16.5 Å². The van der Waals surface area contributed by atoms with Crippen molar-refractivity contribution in [2.24, 2.45) is 0 Å². The largest absolute Gasteiger partial charge is 2.00 e. The van der Waals surface area contributed by atoms with Crippen LogP contribution in [0.1, 0.15) is 26.7 Å². The average Bonchev–Trinajstić information content (AvgIpc) is 2.12. The zero-order chi connectivity index (χ0) is 11.4. The summed E-state index contributed by atoms with van der Waals surface area (Å²) < 4.78 is 27.4. The van der Waals surface area contributed by atoms with Gasteiger partial charge in [-0.15, -0.1) is 9.05 Å². The van der Waals surface area contributed by atoms with Gasteiger partial charge in [0, 0.05) is 0 Å². The van der Waals surface area contributed by atoms with E-state index in [1.54, 1.807) is 0 Å². The third kappa shape index (κ3) is 31.3. The Kier molecular flexibility index (Phi) is 24.2. The molecule has 0 aliphatic heterocycles. The minimum Gasteiger partial charge on any atom is -0.566 e. The van der Waals surface area contributed by atoms with E-state index >= 15 is 0 Å². The maximum Gasteiger partial charge on any atom is 2.00 e. The molecule has 0 spiro atoms. The summed E-state index contributed by atoms with van der Waals surface area (Å²) in [7, 11) is -5.21. The molecule has 9 heteroatoms. The number of hydrogen-bond donors (Lipinski definition) is 0.